The van der Waals surface area contributed by atoms with E-state index >= 15 is 0 Å². The Morgan fingerprint density at radius 3 is 2.62 bits per heavy atom. The van der Waals surface area contributed by atoms with Gasteiger partial charge in [0.25, 0.3) is 5.91 Å². The first-order valence-corrected chi connectivity index (χ1v) is 10.6. The lowest BCUT2D eigenvalue weighted by atomic mass is 10.0. The van der Waals surface area contributed by atoms with Crippen molar-refractivity contribution in [3.05, 3.63) is 76.5 Å². The topological polar surface area (TPSA) is 73.4 Å². The second-order valence-electron chi connectivity index (χ2n) is 7.96. The summed E-state index contributed by atoms with van der Waals surface area (Å²) in [5.74, 6) is -1.41. The summed E-state index contributed by atoms with van der Waals surface area (Å²) in [7, 11) is 1.87. The van der Waals surface area contributed by atoms with Crippen molar-refractivity contribution in [1.82, 2.24) is 14.7 Å². The van der Waals surface area contributed by atoms with E-state index in [1.807, 2.05) is 32.2 Å². The molecule has 2 aromatic carbocycles. The van der Waals surface area contributed by atoms with E-state index in [4.69, 9.17) is 10.5 Å². The smallest absolute Gasteiger partial charge is 0.254 e. The number of halogens is 2. The fraction of sp³-hybridized carbons (Fsp3) is 0.333. The molecule has 2 heterocycles. The number of fused-ring (bicyclic) bond motifs is 1. The Hall–Kier alpha value is -3.10. The Morgan fingerprint density at radius 1 is 1.19 bits per heavy atom. The number of carbonyl (C=O) groups is 1. The molecule has 1 aliphatic rings. The molecule has 0 saturated carbocycles. The second kappa shape index (κ2) is 9.18. The second-order valence-corrected chi connectivity index (χ2v) is 7.96. The summed E-state index contributed by atoms with van der Waals surface area (Å²) >= 11 is 0. The van der Waals surface area contributed by atoms with Gasteiger partial charge in [-0.05, 0) is 48.7 Å². The molecule has 1 amide bonds. The average molecular weight is 440 g/mol. The molecule has 0 saturated heterocycles. The van der Waals surface area contributed by atoms with Crippen LogP contribution in [0.1, 0.15) is 34.0 Å². The third kappa shape index (κ3) is 4.28. The van der Waals surface area contributed by atoms with Gasteiger partial charge >= 0.3 is 0 Å². The predicted octanol–water partition coefficient (Wildman–Crippen LogP) is 3.43. The Morgan fingerprint density at radius 2 is 1.94 bits per heavy atom. The maximum Gasteiger partial charge on any atom is 0.254 e. The van der Waals surface area contributed by atoms with Gasteiger partial charge in [0.1, 0.15) is 11.6 Å². The van der Waals surface area contributed by atoms with Crippen LogP contribution in [-0.2, 0) is 31.4 Å². The van der Waals surface area contributed by atoms with Crippen molar-refractivity contribution in [2.45, 2.75) is 32.5 Å². The molecule has 0 fully saturated rings. The quantitative estimate of drug-likeness (QED) is 0.583. The van der Waals surface area contributed by atoms with Gasteiger partial charge in [0.15, 0.2) is 0 Å². The van der Waals surface area contributed by atoms with Crippen molar-refractivity contribution in [3.8, 4) is 11.3 Å². The number of aromatic nitrogens is 2. The van der Waals surface area contributed by atoms with Crippen LogP contribution in [-0.4, -0.2) is 39.8 Å². The zero-order valence-electron chi connectivity index (χ0n) is 18.1. The van der Waals surface area contributed by atoms with Crippen molar-refractivity contribution < 1.29 is 18.3 Å². The minimum atomic E-state index is -0.643. The van der Waals surface area contributed by atoms with Crippen molar-refractivity contribution in [2.75, 3.05) is 13.2 Å². The van der Waals surface area contributed by atoms with Crippen molar-refractivity contribution >= 4 is 5.91 Å². The lowest BCUT2D eigenvalue weighted by Gasteiger charge is -2.26. The van der Waals surface area contributed by atoms with E-state index in [0.29, 0.717) is 30.9 Å². The van der Waals surface area contributed by atoms with Gasteiger partial charge in [-0.15, -0.1) is 0 Å². The number of ether oxygens (including phenoxy) is 1. The van der Waals surface area contributed by atoms with E-state index in [1.54, 1.807) is 15.8 Å². The van der Waals surface area contributed by atoms with Crippen LogP contribution in [0.3, 0.4) is 0 Å². The van der Waals surface area contributed by atoms with E-state index in [9.17, 15) is 13.6 Å². The molecule has 0 radical (unpaired) electrons. The SMILES string of the molecule is CCOCc1cnn(C)c1-c1ccc2c(c1)CN(C(CN)Cc1cc(F)cc(F)c1)C2=O. The first-order chi connectivity index (χ1) is 15.4. The molecule has 32 heavy (non-hydrogen) atoms. The molecular formula is C24H26F2N4O2. The number of nitrogens with two attached hydrogens (primary N) is 1. The molecule has 4 rings (SSSR count). The van der Waals surface area contributed by atoms with Gasteiger partial charge in [-0.2, -0.15) is 5.10 Å². The number of nitrogens with zero attached hydrogens (tertiary/aromatic N) is 3. The standard InChI is InChI=1S/C24H26F2N4O2/c1-3-32-14-18-12-28-29(2)23(18)16-4-5-22-17(9-16)13-30(24(22)31)21(11-27)8-15-6-19(25)10-20(26)7-15/h4-7,9-10,12,21H,3,8,11,13-14,27H2,1-2H3. The van der Waals surface area contributed by atoms with Crippen LogP contribution in [0.4, 0.5) is 8.78 Å². The fourth-order valence-corrected chi connectivity index (χ4v) is 4.28. The molecule has 1 aliphatic heterocycles. The average Bonchev–Trinajstić information content (AvgIpc) is 3.29. The summed E-state index contributed by atoms with van der Waals surface area (Å²) in [4.78, 5) is 14.8. The Kier molecular flexibility index (Phi) is 6.34. The molecule has 0 spiro atoms. The van der Waals surface area contributed by atoms with E-state index in [-0.39, 0.29) is 24.9 Å². The molecule has 1 unspecified atom stereocenters. The van der Waals surface area contributed by atoms with E-state index < -0.39 is 11.6 Å². The monoisotopic (exact) mass is 440 g/mol. The van der Waals surface area contributed by atoms with Crippen molar-refractivity contribution in [2.24, 2.45) is 12.8 Å². The van der Waals surface area contributed by atoms with Gasteiger partial charge in [0.2, 0.25) is 0 Å². The molecule has 8 heteroatoms. The number of amides is 1. The zero-order chi connectivity index (χ0) is 22.8. The molecular weight excluding hydrogens is 414 g/mol. The summed E-state index contributed by atoms with van der Waals surface area (Å²) in [6.45, 7) is 3.59. The highest BCUT2D eigenvalue weighted by atomic mass is 19.1. The Labute approximate surface area is 185 Å². The van der Waals surface area contributed by atoms with Crippen molar-refractivity contribution in [1.29, 1.82) is 0 Å². The number of hydrogen-bond donors (Lipinski definition) is 1. The summed E-state index contributed by atoms with van der Waals surface area (Å²) in [6, 6.07) is 8.74. The van der Waals surface area contributed by atoms with Crippen LogP contribution >= 0.6 is 0 Å². The molecule has 1 atom stereocenters. The maximum absolute atomic E-state index is 13.6. The number of rotatable bonds is 8. The van der Waals surface area contributed by atoms with Gasteiger partial charge < -0.3 is 15.4 Å². The fourth-order valence-electron chi connectivity index (χ4n) is 4.28. The predicted molar refractivity (Wildman–Crippen MR) is 117 cm³/mol. The molecule has 2 N–H and O–H groups in total. The minimum Gasteiger partial charge on any atom is -0.377 e. The lowest BCUT2D eigenvalue weighted by Crippen LogP contribution is -2.42. The van der Waals surface area contributed by atoms with Crippen LogP contribution in [0, 0.1) is 11.6 Å². The molecule has 168 valence electrons. The van der Waals surface area contributed by atoms with Gasteiger partial charge in [-0.25, -0.2) is 8.78 Å². The normalized spacial score (nSPS) is 14.2. The zero-order valence-corrected chi connectivity index (χ0v) is 18.1. The van der Waals surface area contributed by atoms with E-state index in [0.717, 1.165) is 28.5 Å². The summed E-state index contributed by atoms with van der Waals surface area (Å²) in [5, 5.41) is 4.35. The highest BCUT2D eigenvalue weighted by molar-refractivity contribution is 5.99. The lowest BCUT2D eigenvalue weighted by molar-refractivity contribution is 0.0708. The summed E-state index contributed by atoms with van der Waals surface area (Å²) < 4.78 is 34.6. The Balaban J connectivity index is 1.59. The van der Waals surface area contributed by atoms with Crippen molar-refractivity contribution in [3.63, 3.8) is 0 Å². The van der Waals surface area contributed by atoms with E-state index in [2.05, 4.69) is 5.10 Å². The number of aryl methyl sites for hydroxylation is 1. The first kappa shape index (κ1) is 22.1. The van der Waals surface area contributed by atoms with E-state index in [1.165, 1.54) is 12.1 Å². The number of benzene rings is 2. The van der Waals surface area contributed by atoms with Gasteiger partial charge in [0.05, 0.1) is 18.5 Å². The van der Waals surface area contributed by atoms with Crippen LogP contribution in [0.15, 0.2) is 42.6 Å². The van der Waals surface area contributed by atoms with Gasteiger partial charge in [-0.3, -0.25) is 9.48 Å². The molecule has 6 nitrogen and oxygen atoms in total. The number of hydrogen-bond acceptors (Lipinski definition) is 4. The van der Waals surface area contributed by atoms with Gasteiger partial charge in [0, 0.05) is 55.5 Å². The third-order valence-electron chi connectivity index (χ3n) is 5.79. The first-order valence-electron chi connectivity index (χ1n) is 10.6. The maximum atomic E-state index is 13.6. The van der Waals surface area contributed by atoms with Crippen LogP contribution in [0.2, 0.25) is 0 Å². The number of carbonyl (C=O) groups excluding carboxylic acids is 1. The molecule has 0 aliphatic carbocycles. The third-order valence-corrected chi connectivity index (χ3v) is 5.79. The Bertz CT molecular complexity index is 1120. The molecule has 3 aromatic rings. The summed E-state index contributed by atoms with van der Waals surface area (Å²) in [5.41, 5.74) is 10.8. The molecule has 1 aromatic heterocycles. The summed E-state index contributed by atoms with van der Waals surface area (Å²) in [6.07, 6.45) is 2.07. The van der Waals surface area contributed by atoms with Crippen LogP contribution < -0.4 is 5.73 Å². The highest BCUT2D eigenvalue weighted by Crippen LogP contribution is 2.31. The minimum absolute atomic E-state index is 0.126. The highest BCUT2D eigenvalue weighted by Gasteiger charge is 2.32. The molecule has 0 bridgehead atoms. The largest absolute Gasteiger partial charge is 0.377 e. The van der Waals surface area contributed by atoms with Crippen LogP contribution in [0.5, 0.6) is 0 Å². The van der Waals surface area contributed by atoms with Crippen LogP contribution in [0.25, 0.3) is 11.3 Å². The van der Waals surface area contributed by atoms with Gasteiger partial charge in [-0.1, -0.05) is 6.07 Å².